The lowest BCUT2D eigenvalue weighted by Gasteiger charge is -2.07. The average molecular weight is 295 g/mol. The predicted molar refractivity (Wildman–Crippen MR) is 78.0 cm³/mol. The van der Waals surface area contributed by atoms with E-state index in [0.717, 1.165) is 11.3 Å². The number of aromatic carboxylic acids is 1. The van der Waals surface area contributed by atoms with E-state index in [1.165, 1.54) is 24.6 Å². The van der Waals surface area contributed by atoms with Crippen molar-refractivity contribution in [2.24, 2.45) is 0 Å². The minimum absolute atomic E-state index is 0.168. The quantitative estimate of drug-likeness (QED) is 0.799. The number of aromatic nitrogens is 3. The van der Waals surface area contributed by atoms with Gasteiger partial charge in [-0.3, -0.25) is 0 Å². The molecule has 6 nitrogen and oxygen atoms in total. The van der Waals surface area contributed by atoms with E-state index in [4.69, 9.17) is 9.63 Å². The normalized spacial score (nSPS) is 14.2. The van der Waals surface area contributed by atoms with Crippen LogP contribution in [0.25, 0.3) is 16.9 Å². The Hall–Kier alpha value is -2.89. The van der Waals surface area contributed by atoms with Crippen LogP contribution in [0.15, 0.2) is 47.1 Å². The topological polar surface area (TPSA) is 81.1 Å². The molecule has 110 valence electrons. The summed E-state index contributed by atoms with van der Waals surface area (Å²) >= 11 is 0. The summed E-state index contributed by atoms with van der Waals surface area (Å²) in [6.07, 6.45) is 4.21. The number of nitrogens with zero attached hydrogens (tertiary/aromatic N) is 3. The van der Waals surface area contributed by atoms with Gasteiger partial charge < -0.3 is 9.63 Å². The van der Waals surface area contributed by atoms with E-state index >= 15 is 0 Å². The largest absolute Gasteiger partial charge is 0.475 e. The van der Waals surface area contributed by atoms with Crippen molar-refractivity contribution >= 4 is 5.97 Å². The molecule has 1 N–H and O–H groups in total. The standard InChI is InChI=1S/C16H13N3O3/c20-16(21)15-9-13(18-22-15)11-2-1-3-12(8-11)19-14(6-7-17-19)10-4-5-10/h1-3,6-10H,4-5H2,(H,20,21). The van der Waals surface area contributed by atoms with Gasteiger partial charge in [-0.15, -0.1) is 0 Å². The highest BCUT2D eigenvalue weighted by atomic mass is 16.5. The molecule has 1 saturated carbocycles. The molecule has 0 aliphatic heterocycles. The number of hydrogen-bond acceptors (Lipinski definition) is 4. The van der Waals surface area contributed by atoms with E-state index < -0.39 is 5.97 Å². The van der Waals surface area contributed by atoms with Gasteiger partial charge in [-0.2, -0.15) is 5.10 Å². The molecular formula is C16H13N3O3. The summed E-state index contributed by atoms with van der Waals surface area (Å²) in [5.74, 6) is -0.701. The Morgan fingerprint density at radius 1 is 1.27 bits per heavy atom. The van der Waals surface area contributed by atoms with Gasteiger partial charge >= 0.3 is 5.97 Å². The second-order valence-corrected chi connectivity index (χ2v) is 5.37. The van der Waals surface area contributed by atoms with Crippen molar-refractivity contribution in [1.29, 1.82) is 0 Å². The number of rotatable bonds is 4. The third-order valence-electron chi connectivity index (χ3n) is 3.78. The lowest BCUT2D eigenvalue weighted by molar-refractivity contribution is 0.0652. The Kier molecular flexibility index (Phi) is 2.82. The molecule has 1 aromatic carbocycles. The van der Waals surface area contributed by atoms with Crippen LogP contribution in [0, 0.1) is 0 Å². The number of hydrogen-bond donors (Lipinski definition) is 1. The van der Waals surface area contributed by atoms with Crippen LogP contribution in [0.2, 0.25) is 0 Å². The van der Waals surface area contributed by atoms with Gasteiger partial charge in [0.05, 0.1) is 5.69 Å². The van der Waals surface area contributed by atoms with E-state index in [-0.39, 0.29) is 5.76 Å². The Morgan fingerprint density at radius 3 is 2.86 bits per heavy atom. The number of carboxylic acids is 1. The van der Waals surface area contributed by atoms with Crippen LogP contribution in [-0.2, 0) is 0 Å². The Bertz CT molecular complexity index is 846. The van der Waals surface area contributed by atoms with Gasteiger partial charge in [0.2, 0.25) is 5.76 Å². The van der Waals surface area contributed by atoms with E-state index in [2.05, 4.69) is 10.3 Å². The van der Waals surface area contributed by atoms with Crippen LogP contribution in [0.3, 0.4) is 0 Å². The van der Waals surface area contributed by atoms with Gasteiger partial charge in [-0.25, -0.2) is 9.48 Å². The highest BCUT2D eigenvalue weighted by molar-refractivity contribution is 5.85. The molecule has 2 heterocycles. The fraction of sp³-hybridized carbons (Fsp3) is 0.188. The maximum absolute atomic E-state index is 10.9. The zero-order valence-electron chi connectivity index (χ0n) is 11.6. The molecule has 0 saturated heterocycles. The summed E-state index contributed by atoms with van der Waals surface area (Å²) in [5, 5.41) is 17.1. The minimum Gasteiger partial charge on any atom is -0.475 e. The number of carbonyl (C=O) groups is 1. The van der Waals surface area contributed by atoms with Crippen molar-refractivity contribution in [3.63, 3.8) is 0 Å². The maximum Gasteiger partial charge on any atom is 0.374 e. The Labute approximate surface area is 126 Å². The first-order valence-corrected chi connectivity index (χ1v) is 7.07. The number of benzene rings is 1. The van der Waals surface area contributed by atoms with E-state index in [9.17, 15) is 4.79 Å². The molecule has 1 aliphatic carbocycles. The lowest BCUT2D eigenvalue weighted by Crippen LogP contribution is -2.01. The molecular weight excluding hydrogens is 282 g/mol. The highest BCUT2D eigenvalue weighted by Crippen LogP contribution is 2.40. The molecule has 3 aromatic rings. The van der Waals surface area contributed by atoms with Crippen LogP contribution in [0.4, 0.5) is 0 Å². The van der Waals surface area contributed by atoms with Crippen LogP contribution >= 0.6 is 0 Å². The molecule has 6 heteroatoms. The first kappa shape index (κ1) is 12.8. The van der Waals surface area contributed by atoms with Crippen molar-refractivity contribution in [1.82, 2.24) is 14.9 Å². The maximum atomic E-state index is 10.9. The molecule has 0 atom stereocenters. The van der Waals surface area contributed by atoms with Crippen molar-refractivity contribution in [2.75, 3.05) is 0 Å². The molecule has 22 heavy (non-hydrogen) atoms. The molecule has 0 bridgehead atoms. The van der Waals surface area contributed by atoms with Crippen molar-refractivity contribution < 1.29 is 14.4 Å². The second kappa shape index (κ2) is 4.84. The third kappa shape index (κ3) is 2.18. The van der Waals surface area contributed by atoms with E-state index in [1.54, 1.807) is 6.20 Å². The molecule has 0 spiro atoms. The van der Waals surface area contributed by atoms with Crippen molar-refractivity contribution in [2.45, 2.75) is 18.8 Å². The average Bonchev–Trinajstić information content (AvgIpc) is 3.06. The molecule has 0 unspecified atom stereocenters. The summed E-state index contributed by atoms with van der Waals surface area (Å²) in [6.45, 7) is 0. The van der Waals surface area contributed by atoms with Gasteiger partial charge in [0, 0.05) is 29.4 Å². The van der Waals surface area contributed by atoms with Gasteiger partial charge in [0.25, 0.3) is 0 Å². The molecule has 4 rings (SSSR count). The van der Waals surface area contributed by atoms with Crippen LogP contribution in [0.5, 0.6) is 0 Å². The summed E-state index contributed by atoms with van der Waals surface area (Å²) in [5.41, 5.74) is 3.44. The van der Waals surface area contributed by atoms with Crippen LogP contribution in [0.1, 0.15) is 35.0 Å². The summed E-state index contributed by atoms with van der Waals surface area (Å²) < 4.78 is 6.74. The minimum atomic E-state index is -1.13. The second-order valence-electron chi connectivity index (χ2n) is 5.37. The lowest BCUT2D eigenvalue weighted by atomic mass is 10.1. The van der Waals surface area contributed by atoms with Crippen molar-refractivity contribution in [3.05, 3.63) is 54.0 Å². The molecule has 0 radical (unpaired) electrons. The molecule has 0 amide bonds. The van der Waals surface area contributed by atoms with Gasteiger partial charge in [0.1, 0.15) is 5.69 Å². The first-order chi connectivity index (χ1) is 10.7. The fourth-order valence-electron chi connectivity index (χ4n) is 2.53. The smallest absolute Gasteiger partial charge is 0.374 e. The molecule has 2 aromatic heterocycles. The van der Waals surface area contributed by atoms with Crippen LogP contribution < -0.4 is 0 Å². The predicted octanol–water partition coefficient (Wildman–Crippen LogP) is 3.10. The summed E-state index contributed by atoms with van der Waals surface area (Å²) in [4.78, 5) is 10.9. The Balaban J connectivity index is 1.73. The van der Waals surface area contributed by atoms with E-state index in [0.29, 0.717) is 11.6 Å². The zero-order chi connectivity index (χ0) is 15.1. The SMILES string of the molecule is O=C(O)c1cc(-c2cccc(-n3nccc3C3CC3)c2)no1. The molecule has 1 aliphatic rings. The number of carboxylic acid groups (broad SMARTS) is 1. The zero-order valence-corrected chi connectivity index (χ0v) is 11.6. The van der Waals surface area contributed by atoms with Gasteiger partial charge in [-0.05, 0) is 31.0 Å². The summed E-state index contributed by atoms with van der Waals surface area (Å²) in [7, 11) is 0. The highest BCUT2D eigenvalue weighted by Gasteiger charge is 2.27. The van der Waals surface area contributed by atoms with Gasteiger partial charge in [-0.1, -0.05) is 17.3 Å². The van der Waals surface area contributed by atoms with Crippen molar-refractivity contribution in [3.8, 4) is 16.9 Å². The third-order valence-corrected chi connectivity index (χ3v) is 3.78. The Morgan fingerprint density at radius 2 is 2.14 bits per heavy atom. The van der Waals surface area contributed by atoms with E-state index in [1.807, 2.05) is 35.0 Å². The summed E-state index contributed by atoms with van der Waals surface area (Å²) in [6, 6.07) is 11.1. The first-order valence-electron chi connectivity index (χ1n) is 7.07. The fourth-order valence-corrected chi connectivity index (χ4v) is 2.53. The monoisotopic (exact) mass is 295 g/mol. The van der Waals surface area contributed by atoms with Crippen LogP contribution in [-0.4, -0.2) is 26.0 Å². The molecule has 1 fully saturated rings. The van der Waals surface area contributed by atoms with Gasteiger partial charge in [0.15, 0.2) is 0 Å².